The molecule has 22 heavy (non-hydrogen) atoms. The fourth-order valence-electron chi connectivity index (χ4n) is 2.33. The molecule has 1 atom stereocenters. The van der Waals surface area contributed by atoms with Crippen molar-refractivity contribution in [1.29, 1.82) is 0 Å². The second-order valence-electron chi connectivity index (χ2n) is 4.43. The number of fused-ring (bicyclic) bond motifs is 2. The maximum absolute atomic E-state index is 12.3. The average Bonchev–Trinajstić information content (AvgIpc) is 2.47. The summed E-state index contributed by atoms with van der Waals surface area (Å²) in [4.78, 5) is 24.0. The number of hydrogen-bond acceptors (Lipinski definition) is 6. The second-order valence-corrected chi connectivity index (χ2v) is 5.34. The Labute approximate surface area is 149 Å². The minimum absolute atomic E-state index is 0. The Morgan fingerprint density at radius 1 is 0.909 bits per heavy atom. The van der Waals surface area contributed by atoms with Crippen LogP contribution >= 0.6 is 0 Å². The van der Waals surface area contributed by atoms with Gasteiger partial charge in [-0.3, -0.25) is 13.8 Å². The van der Waals surface area contributed by atoms with Gasteiger partial charge in [0.25, 0.3) is 0 Å². The summed E-state index contributed by atoms with van der Waals surface area (Å²) in [6.45, 7) is 0. The van der Waals surface area contributed by atoms with E-state index < -0.39 is 39.0 Å². The monoisotopic (exact) mass is 326 g/mol. The van der Waals surface area contributed by atoms with Crippen LogP contribution in [0.5, 0.6) is 11.5 Å². The number of carbonyl (C=O) groups excluding carboxylic acids is 2. The summed E-state index contributed by atoms with van der Waals surface area (Å²) in [5.41, 5.74) is -0.401. The van der Waals surface area contributed by atoms with Crippen LogP contribution in [0.3, 0.4) is 0 Å². The Balaban J connectivity index is 0.00000176. The first-order valence-corrected chi connectivity index (χ1v) is 6.87. The number of benzene rings is 2. The predicted octanol–water partition coefficient (Wildman–Crippen LogP) is -1.88. The fourth-order valence-corrected chi connectivity index (χ4v) is 2.80. The molecule has 0 aromatic heterocycles. The Morgan fingerprint density at radius 3 is 2.00 bits per heavy atom. The van der Waals surface area contributed by atoms with E-state index in [-0.39, 0.29) is 51.8 Å². The van der Waals surface area contributed by atoms with Gasteiger partial charge >= 0.3 is 29.6 Å². The molecule has 1 unspecified atom stereocenters. The summed E-state index contributed by atoms with van der Waals surface area (Å²) in [7, 11) is 0. The van der Waals surface area contributed by atoms with Gasteiger partial charge in [0.15, 0.2) is 23.1 Å². The first kappa shape index (κ1) is 16.9. The molecule has 0 aliphatic heterocycles. The number of phenols is 2. The fraction of sp³-hybridized carbons (Fsp3) is 0. The Hall–Kier alpha value is -1.51. The van der Waals surface area contributed by atoms with E-state index in [0.29, 0.717) is 0 Å². The van der Waals surface area contributed by atoms with Gasteiger partial charge in [0.2, 0.25) is 0 Å². The summed E-state index contributed by atoms with van der Waals surface area (Å²) >= 11 is -2.86. The molecule has 2 aromatic carbocycles. The van der Waals surface area contributed by atoms with E-state index in [9.17, 15) is 28.6 Å². The summed E-state index contributed by atoms with van der Waals surface area (Å²) in [6, 6.07) is 6.89. The van der Waals surface area contributed by atoms with Crippen LogP contribution in [0.2, 0.25) is 0 Å². The first-order valence-electron chi connectivity index (χ1n) is 5.80. The average molecular weight is 326 g/mol. The van der Waals surface area contributed by atoms with Crippen molar-refractivity contribution in [2.75, 3.05) is 0 Å². The zero-order valence-electron chi connectivity index (χ0n) is 11.3. The Kier molecular flexibility index (Phi) is 4.55. The molecule has 6 nitrogen and oxygen atoms in total. The summed E-state index contributed by atoms with van der Waals surface area (Å²) in [6.07, 6.45) is 0. The van der Waals surface area contributed by atoms with Crippen molar-refractivity contribution in [3.05, 3.63) is 52.6 Å². The van der Waals surface area contributed by atoms with Crippen LogP contribution in [0.4, 0.5) is 0 Å². The number of carbonyl (C=O) groups is 2. The molecule has 0 fully saturated rings. The van der Waals surface area contributed by atoms with E-state index in [1.165, 1.54) is 12.1 Å². The van der Waals surface area contributed by atoms with E-state index >= 15 is 0 Å². The van der Waals surface area contributed by atoms with Crippen molar-refractivity contribution in [1.82, 2.24) is 0 Å². The molecule has 0 spiro atoms. The van der Waals surface area contributed by atoms with Crippen molar-refractivity contribution in [2.24, 2.45) is 0 Å². The van der Waals surface area contributed by atoms with E-state index in [1.54, 1.807) is 12.1 Å². The maximum atomic E-state index is 12.3. The SMILES string of the molecule is O=C1c2ccccc2C(=O)c2c1cc(S(=O)[O-])c(O)c2O.[Na+]. The van der Waals surface area contributed by atoms with Crippen molar-refractivity contribution < 1.29 is 58.1 Å². The van der Waals surface area contributed by atoms with Gasteiger partial charge in [-0.2, -0.15) is 0 Å². The minimum Gasteiger partial charge on any atom is -0.768 e. The number of ketones is 2. The molecule has 8 heteroatoms. The van der Waals surface area contributed by atoms with Crippen LogP contribution in [-0.4, -0.2) is 30.5 Å². The van der Waals surface area contributed by atoms with Crippen LogP contribution in [0.25, 0.3) is 0 Å². The molecule has 1 aliphatic carbocycles. The van der Waals surface area contributed by atoms with Gasteiger partial charge in [0, 0.05) is 16.7 Å². The van der Waals surface area contributed by atoms with E-state index in [4.69, 9.17) is 0 Å². The number of phenolic OH excluding ortho intramolecular Hbond substituents is 2. The zero-order chi connectivity index (χ0) is 15.3. The standard InChI is InChI=1S/C14H8O6S.Na/c15-11-6-3-1-2-4-7(6)12(16)10-8(11)5-9(21(19)20)13(17)14(10)18;/h1-5,17-18H,(H,19,20);/q;+1/p-1. The predicted molar refractivity (Wildman–Crippen MR) is 70.3 cm³/mol. The van der Waals surface area contributed by atoms with Gasteiger partial charge in [-0.1, -0.05) is 24.3 Å². The smallest absolute Gasteiger partial charge is 0.768 e. The molecule has 0 amide bonds. The normalized spacial score (nSPS) is 13.9. The van der Waals surface area contributed by atoms with Gasteiger partial charge in [-0.25, -0.2) is 0 Å². The van der Waals surface area contributed by atoms with Crippen LogP contribution in [0.15, 0.2) is 35.2 Å². The van der Waals surface area contributed by atoms with E-state index in [0.717, 1.165) is 6.07 Å². The summed E-state index contributed by atoms with van der Waals surface area (Å²) in [5, 5.41) is 19.6. The van der Waals surface area contributed by atoms with Crippen molar-refractivity contribution in [3.8, 4) is 11.5 Å². The number of hydrogen-bond donors (Lipinski definition) is 2. The van der Waals surface area contributed by atoms with Crippen LogP contribution < -0.4 is 29.6 Å². The molecular weight excluding hydrogens is 319 g/mol. The number of rotatable bonds is 1. The molecule has 0 radical (unpaired) electrons. The van der Waals surface area contributed by atoms with Crippen LogP contribution in [-0.2, 0) is 11.1 Å². The van der Waals surface area contributed by atoms with E-state index in [1.807, 2.05) is 0 Å². The largest absolute Gasteiger partial charge is 1.00 e. The third-order valence-electron chi connectivity index (χ3n) is 3.31. The van der Waals surface area contributed by atoms with Crippen molar-refractivity contribution in [3.63, 3.8) is 0 Å². The molecule has 0 heterocycles. The van der Waals surface area contributed by atoms with Crippen molar-refractivity contribution in [2.45, 2.75) is 4.90 Å². The molecular formula is C14H7NaO6S. The van der Waals surface area contributed by atoms with Gasteiger partial charge in [-0.15, -0.1) is 0 Å². The zero-order valence-corrected chi connectivity index (χ0v) is 14.1. The third-order valence-corrected chi connectivity index (χ3v) is 3.98. The summed E-state index contributed by atoms with van der Waals surface area (Å²) in [5.74, 6) is -3.07. The molecule has 0 saturated carbocycles. The van der Waals surface area contributed by atoms with Crippen molar-refractivity contribution >= 4 is 22.6 Å². The molecule has 2 aromatic rings. The third kappa shape index (κ3) is 2.31. The minimum atomic E-state index is -2.86. The van der Waals surface area contributed by atoms with Gasteiger partial charge in [0.1, 0.15) is 0 Å². The maximum Gasteiger partial charge on any atom is 1.00 e. The molecule has 106 valence electrons. The second kappa shape index (κ2) is 5.94. The Bertz CT molecular complexity index is 845. The molecule has 0 saturated heterocycles. The van der Waals surface area contributed by atoms with Gasteiger partial charge in [-0.05, 0) is 17.1 Å². The summed E-state index contributed by atoms with van der Waals surface area (Å²) < 4.78 is 22.1. The Morgan fingerprint density at radius 2 is 1.45 bits per heavy atom. The topological polar surface area (TPSA) is 115 Å². The quantitative estimate of drug-likeness (QED) is 0.307. The first-order chi connectivity index (χ1) is 9.93. The van der Waals surface area contributed by atoms with Crippen LogP contribution in [0, 0.1) is 0 Å². The van der Waals surface area contributed by atoms with Crippen LogP contribution in [0.1, 0.15) is 31.8 Å². The molecule has 1 aliphatic rings. The van der Waals surface area contributed by atoms with Gasteiger partial charge in [0.05, 0.1) is 10.5 Å². The van der Waals surface area contributed by atoms with Gasteiger partial charge < -0.3 is 14.8 Å². The molecule has 3 rings (SSSR count). The number of aromatic hydroxyl groups is 2. The van der Waals surface area contributed by atoms with E-state index in [2.05, 4.69) is 0 Å². The molecule has 2 N–H and O–H groups in total. The molecule has 0 bridgehead atoms.